The largest absolute Gasteiger partial charge is 0.479 e. The van der Waals surface area contributed by atoms with Crippen LogP contribution >= 0.6 is 0 Å². The monoisotopic (exact) mass is 145 g/mol. The molecule has 0 aromatic heterocycles. The molecule has 1 aliphatic heterocycles. The van der Waals surface area contributed by atoms with Gasteiger partial charge in [-0.1, -0.05) is 0 Å². The normalized spacial score (nSPS) is 27.4. The number of carbonyl (C=O) groups is 1. The molecule has 58 valence electrons. The van der Waals surface area contributed by atoms with Gasteiger partial charge < -0.3 is 15.2 Å². The molecule has 2 N–H and O–H groups in total. The number of ether oxygens (including phenoxy) is 1. The van der Waals surface area contributed by atoms with E-state index < -0.39 is 12.1 Å². The van der Waals surface area contributed by atoms with Crippen molar-refractivity contribution in [1.29, 1.82) is 0 Å². The molecule has 4 heteroatoms. The Morgan fingerprint density at radius 3 is 3.10 bits per heavy atom. The molecule has 0 amide bonds. The molecular weight excluding hydrogens is 134 g/mol. The fourth-order valence-electron chi connectivity index (χ4n) is 0.910. The highest BCUT2D eigenvalue weighted by molar-refractivity contribution is 5.72. The van der Waals surface area contributed by atoms with Crippen LogP contribution in [0.15, 0.2) is 0 Å². The summed E-state index contributed by atoms with van der Waals surface area (Å²) < 4.78 is 5.00. The summed E-state index contributed by atoms with van der Waals surface area (Å²) >= 11 is 0. The van der Waals surface area contributed by atoms with E-state index in [2.05, 4.69) is 5.32 Å². The van der Waals surface area contributed by atoms with Gasteiger partial charge in [0.25, 0.3) is 0 Å². The summed E-state index contributed by atoms with van der Waals surface area (Å²) in [4.78, 5) is 10.4. The molecule has 1 rings (SSSR count). The van der Waals surface area contributed by atoms with Crippen molar-refractivity contribution in [1.82, 2.24) is 5.32 Å². The van der Waals surface area contributed by atoms with Gasteiger partial charge in [-0.15, -0.1) is 0 Å². The first-order valence-electron chi connectivity index (χ1n) is 3.36. The highest BCUT2D eigenvalue weighted by atomic mass is 16.5. The van der Waals surface area contributed by atoms with E-state index in [-0.39, 0.29) is 0 Å². The first-order valence-corrected chi connectivity index (χ1v) is 3.36. The minimum atomic E-state index is -0.858. The number of aliphatic carboxylic acids is 1. The predicted molar refractivity (Wildman–Crippen MR) is 34.9 cm³/mol. The topological polar surface area (TPSA) is 58.6 Å². The van der Waals surface area contributed by atoms with Crippen LogP contribution in [0.25, 0.3) is 0 Å². The van der Waals surface area contributed by atoms with E-state index in [1.165, 1.54) is 0 Å². The average Bonchev–Trinajstić information content (AvgIpc) is 2.12. The second kappa shape index (κ2) is 3.53. The second-order valence-electron chi connectivity index (χ2n) is 2.24. The smallest absolute Gasteiger partial charge is 0.332 e. The number of rotatable bonds is 1. The number of hydrogen-bond acceptors (Lipinski definition) is 3. The van der Waals surface area contributed by atoms with Gasteiger partial charge in [0.15, 0.2) is 6.10 Å². The molecule has 0 aromatic carbocycles. The Balaban J connectivity index is 2.35. The van der Waals surface area contributed by atoms with Crippen LogP contribution in [0.3, 0.4) is 0 Å². The molecule has 10 heavy (non-hydrogen) atoms. The fraction of sp³-hybridized carbons (Fsp3) is 0.833. The summed E-state index contributed by atoms with van der Waals surface area (Å²) in [5.41, 5.74) is 0. The molecular formula is C6H11NO3. The summed E-state index contributed by atoms with van der Waals surface area (Å²) in [6, 6.07) is 0. The van der Waals surface area contributed by atoms with Gasteiger partial charge in [0, 0.05) is 6.54 Å². The Bertz CT molecular complexity index is 118. The Morgan fingerprint density at radius 1 is 1.60 bits per heavy atom. The molecule has 1 fully saturated rings. The van der Waals surface area contributed by atoms with Crippen molar-refractivity contribution in [2.24, 2.45) is 0 Å². The third kappa shape index (κ3) is 1.97. The second-order valence-corrected chi connectivity index (χ2v) is 2.24. The Labute approximate surface area is 59.2 Å². The van der Waals surface area contributed by atoms with Crippen molar-refractivity contribution >= 4 is 5.97 Å². The number of carboxylic acids is 1. The highest BCUT2D eigenvalue weighted by Gasteiger charge is 2.18. The van der Waals surface area contributed by atoms with Crippen LogP contribution in [-0.4, -0.2) is 36.9 Å². The maximum absolute atomic E-state index is 10.4. The van der Waals surface area contributed by atoms with Crippen LogP contribution < -0.4 is 5.32 Å². The van der Waals surface area contributed by atoms with Crippen molar-refractivity contribution < 1.29 is 14.6 Å². The quantitative estimate of drug-likeness (QED) is 0.519. The van der Waals surface area contributed by atoms with Crippen LogP contribution in [0, 0.1) is 0 Å². The standard InChI is InChI=1S/C6H11NO3/c8-6(9)5-1-2-7-3-4-10-5/h5,7H,1-4H2,(H,8,9)/t5-/m1/s1. The van der Waals surface area contributed by atoms with Crippen molar-refractivity contribution in [3.8, 4) is 0 Å². The Hall–Kier alpha value is -0.610. The summed E-state index contributed by atoms with van der Waals surface area (Å²) in [7, 11) is 0. The molecule has 4 nitrogen and oxygen atoms in total. The van der Waals surface area contributed by atoms with Gasteiger partial charge in [-0.3, -0.25) is 0 Å². The third-order valence-electron chi connectivity index (χ3n) is 1.46. The summed E-state index contributed by atoms with van der Waals surface area (Å²) in [5.74, 6) is -0.858. The summed E-state index contributed by atoms with van der Waals surface area (Å²) in [6.07, 6.45) is -0.0370. The first kappa shape index (κ1) is 7.50. The highest BCUT2D eigenvalue weighted by Crippen LogP contribution is 1.99. The van der Waals surface area contributed by atoms with E-state index >= 15 is 0 Å². The molecule has 0 radical (unpaired) electrons. The van der Waals surface area contributed by atoms with Crippen molar-refractivity contribution in [2.45, 2.75) is 12.5 Å². The first-order chi connectivity index (χ1) is 4.80. The maximum atomic E-state index is 10.4. The SMILES string of the molecule is O=C(O)[C@H]1CCNCCO1. The van der Waals surface area contributed by atoms with Gasteiger partial charge in [0.1, 0.15) is 0 Å². The van der Waals surface area contributed by atoms with Gasteiger partial charge in [0.2, 0.25) is 0 Å². The predicted octanol–water partition coefficient (Wildman–Crippen LogP) is -0.551. The molecule has 1 atom stereocenters. The lowest BCUT2D eigenvalue weighted by atomic mass is 10.2. The van der Waals surface area contributed by atoms with E-state index in [4.69, 9.17) is 9.84 Å². The van der Waals surface area contributed by atoms with E-state index in [9.17, 15) is 4.79 Å². The van der Waals surface area contributed by atoms with Gasteiger partial charge in [-0.05, 0) is 13.0 Å². The van der Waals surface area contributed by atoms with E-state index in [1.807, 2.05) is 0 Å². The minimum Gasteiger partial charge on any atom is -0.479 e. The third-order valence-corrected chi connectivity index (χ3v) is 1.46. The molecule has 0 aliphatic carbocycles. The van der Waals surface area contributed by atoms with Crippen LogP contribution in [0.1, 0.15) is 6.42 Å². The minimum absolute atomic E-state index is 0.497. The van der Waals surface area contributed by atoms with Crippen molar-refractivity contribution in [2.75, 3.05) is 19.7 Å². The van der Waals surface area contributed by atoms with Crippen molar-refractivity contribution in [3.05, 3.63) is 0 Å². The lowest BCUT2D eigenvalue weighted by Gasteiger charge is -2.06. The number of carboxylic acid groups (broad SMARTS) is 1. The number of nitrogens with one attached hydrogen (secondary N) is 1. The molecule has 1 heterocycles. The van der Waals surface area contributed by atoms with Crippen LogP contribution in [-0.2, 0) is 9.53 Å². The molecule has 0 saturated carbocycles. The Morgan fingerprint density at radius 2 is 2.40 bits per heavy atom. The van der Waals surface area contributed by atoms with Crippen LogP contribution in [0.2, 0.25) is 0 Å². The summed E-state index contributed by atoms with van der Waals surface area (Å²) in [6.45, 7) is 1.98. The fourth-order valence-corrected chi connectivity index (χ4v) is 0.910. The van der Waals surface area contributed by atoms with Gasteiger partial charge >= 0.3 is 5.97 Å². The number of hydrogen-bond donors (Lipinski definition) is 2. The van der Waals surface area contributed by atoms with Crippen LogP contribution in [0.5, 0.6) is 0 Å². The zero-order chi connectivity index (χ0) is 7.40. The Kier molecular flexibility index (Phi) is 2.65. The summed E-state index contributed by atoms with van der Waals surface area (Å²) in [5, 5.41) is 11.6. The van der Waals surface area contributed by atoms with E-state index in [0.717, 1.165) is 13.1 Å². The van der Waals surface area contributed by atoms with Gasteiger partial charge in [0.05, 0.1) is 6.61 Å². The zero-order valence-corrected chi connectivity index (χ0v) is 5.67. The molecule has 0 bridgehead atoms. The molecule has 0 unspecified atom stereocenters. The lowest BCUT2D eigenvalue weighted by Crippen LogP contribution is -2.24. The van der Waals surface area contributed by atoms with Gasteiger partial charge in [-0.25, -0.2) is 4.79 Å². The van der Waals surface area contributed by atoms with Crippen molar-refractivity contribution in [3.63, 3.8) is 0 Å². The van der Waals surface area contributed by atoms with Gasteiger partial charge in [-0.2, -0.15) is 0 Å². The maximum Gasteiger partial charge on any atom is 0.332 e. The van der Waals surface area contributed by atoms with E-state index in [0.29, 0.717) is 13.0 Å². The molecule has 1 aliphatic rings. The molecule has 0 spiro atoms. The van der Waals surface area contributed by atoms with E-state index in [1.54, 1.807) is 0 Å². The molecule has 0 aromatic rings. The zero-order valence-electron chi connectivity index (χ0n) is 5.67. The van der Waals surface area contributed by atoms with Crippen LogP contribution in [0.4, 0.5) is 0 Å². The molecule has 1 saturated heterocycles. The lowest BCUT2D eigenvalue weighted by molar-refractivity contribution is -0.149. The average molecular weight is 145 g/mol.